The van der Waals surface area contributed by atoms with E-state index in [2.05, 4.69) is 10.1 Å². The van der Waals surface area contributed by atoms with E-state index in [9.17, 15) is 4.39 Å². The van der Waals surface area contributed by atoms with Gasteiger partial charge in [-0.25, -0.2) is 4.39 Å². The van der Waals surface area contributed by atoms with Crippen LogP contribution in [0.2, 0.25) is 0 Å². The highest BCUT2D eigenvalue weighted by Gasteiger charge is 2.32. The molecule has 3 rings (SSSR count). The molecule has 1 heterocycles. The van der Waals surface area contributed by atoms with Crippen molar-refractivity contribution in [3.8, 4) is 0 Å². The summed E-state index contributed by atoms with van der Waals surface area (Å²) >= 11 is 0. The average Bonchev–Trinajstić information content (AvgIpc) is 3.19. The van der Waals surface area contributed by atoms with Gasteiger partial charge in [0.1, 0.15) is 5.82 Å². The van der Waals surface area contributed by atoms with Crippen molar-refractivity contribution in [2.45, 2.75) is 44.6 Å². The van der Waals surface area contributed by atoms with Gasteiger partial charge in [0.15, 0.2) is 5.82 Å². The lowest BCUT2D eigenvalue weighted by atomic mass is 9.84. The van der Waals surface area contributed by atoms with E-state index in [1.165, 1.54) is 25.0 Å². The third-order valence-corrected chi connectivity index (χ3v) is 4.23. The zero-order chi connectivity index (χ0) is 15.0. The van der Waals surface area contributed by atoms with Gasteiger partial charge in [0.25, 0.3) is 0 Å². The van der Waals surface area contributed by atoms with Crippen molar-refractivity contribution in [1.29, 1.82) is 0 Å². The summed E-state index contributed by atoms with van der Waals surface area (Å²) in [6.45, 7) is 3.99. The first-order valence-corrected chi connectivity index (χ1v) is 7.31. The lowest BCUT2D eigenvalue weighted by Gasteiger charge is -2.20. The maximum Gasteiger partial charge on any atom is 0.228 e. The number of aromatic nitrogens is 2. The molecule has 1 aliphatic carbocycles. The van der Waals surface area contributed by atoms with Crippen LogP contribution in [0.25, 0.3) is 0 Å². The van der Waals surface area contributed by atoms with Gasteiger partial charge in [-0.05, 0) is 50.3 Å². The lowest BCUT2D eigenvalue weighted by molar-refractivity contribution is 0.353. The van der Waals surface area contributed by atoms with E-state index in [-0.39, 0.29) is 11.9 Å². The fraction of sp³-hybridized carbons (Fsp3) is 0.500. The molecule has 112 valence electrons. The molecular weight excluding hydrogens is 269 g/mol. The lowest BCUT2D eigenvalue weighted by Crippen LogP contribution is -2.25. The Bertz CT molecular complexity index is 617. The van der Waals surface area contributed by atoms with E-state index < -0.39 is 5.41 Å². The summed E-state index contributed by atoms with van der Waals surface area (Å²) in [6, 6.07) is 6.50. The Morgan fingerprint density at radius 1 is 1.33 bits per heavy atom. The summed E-state index contributed by atoms with van der Waals surface area (Å²) < 4.78 is 18.4. The number of hydrogen-bond donors (Lipinski definition) is 1. The normalized spacial score (nSPS) is 17.0. The van der Waals surface area contributed by atoms with E-state index in [4.69, 9.17) is 10.3 Å². The van der Waals surface area contributed by atoms with Gasteiger partial charge >= 0.3 is 0 Å². The molecule has 2 N–H and O–H groups in total. The molecule has 1 atom stereocenters. The fourth-order valence-corrected chi connectivity index (χ4v) is 2.48. The van der Waals surface area contributed by atoms with Gasteiger partial charge < -0.3 is 10.3 Å². The molecule has 0 bridgehead atoms. The van der Waals surface area contributed by atoms with Gasteiger partial charge in [0.2, 0.25) is 5.89 Å². The molecule has 2 aromatic rings. The van der Waals surface area contributed by atoms with Gasteiger partial charge in [0, 0.05) is 12.5 Å². The number of hydrogen-bond acceptors (Lipinski definition) is 4. The second-order valence-electron chi connectivity index (χ2n) is 6.35. The molecule has 1 aromatic heterocycles. The predicted molar refractivity (Wildman–Crippen MR) is 77.2 cm³/mol. The van der Waals surface area contributed by atoms with Crippen LogP contribution in [0.5, 0.6) is 0 Å². The predicted octanol–water partition coefficient (Wildman–Crippen LogP) is 2.81. The highest BCUT2D eigenvalue weighted by Crippen LogP contribution is 2.33. The first kappa shape index (κ1) is 14.2. The minimum absolute atomic E-state index is 0.104. The molecule has 1 aliphatic rings. The van der Waals surface area contributed by atoms with Crippen LogP contribution in [0.15, 0.2) is 28.8 Å². The zero-order valence-corrected chi connectivity index (χ0v) is 12.3. The van der Waals surface area contributed by atoms with Crippen LogP contribution in [0.3, 0.4) is 0 Å². The first-order chi connectivity index (χ1) is 9.96. The number of rotatable bonds is 5. The van der Waals surface area contributed by atoms with Crippen LogP contribution >= 0.6 is 0 Å². The molecule has 0 aliphatic heterocycles. The minimum Gasteiger partial charge on any atom is -0.339 e. The number of nitrogens with zero attached hydrogens (tertiary/aromatic N) is 2. The fourth-order valence-electron chi connectivity index (χ4n) is 2.48. The molecule has 0 spiro atoms. The van der Waals surface area contributed by atoms with Crippen molar-refractivity contribution in [3.05, 3.63) is 47.4 Å². The smallest absolute Gasteiger partial charge is 0.228 e. The van der Waals surface area contributed by atoms with E-state index in [1.807, 2.05) is 13.8 Å². The van der Waals surface area contributed by atoms with Gasteiger partial charge in [-0.3, -0.25) is 0 Å². The van der Waals surface area contributed by atoms with Crippen LogP contribution in [-0.2, 0) is 11.8 Å². The van der Waals surface area contributed by atoms with E-state index in [1.54, 1.807) is 12.1 Å². The number of halogens is 1. The topological polar surface area (TPSA) is 64.9 Å². The maximum absolute atomic E-state index is 13.0. The van der Waals surface area contributed by atoms with Gasteiger partial charge in [0.05, 0.1) is 5.41 Å². The molecule has 1 saturated carbocycles. The molecule has 0 radical (unpaired) electrons. The summed E-state index contributed by atoms with van der Waals surface area (Å²) in [4.78, 5) is 4.48. The Morgan fingerprint density at radius 3 is 2.62 bits per heavy atom. The van der Waals surface area contributed by atoms with Crippen LogP contribution < -0.4 is 5.73 Å². The molecule has 1 unspecified atom stereocenters. The maximum atomic E-state index is 13.0. The van der Waals surface area contributed by atoms with Crippen molar-refractivity contribution >= 4 is 0 Å². The molecular formula is C16H20FN3O. The quantitative estimate of drug-likeness (QED) is 0.919. The zero-order valence-electron chi connectivity index (χ0n) is 12.3. The molecule has 1 aromatic carbocycles. The Hall–Kier alpha value is -1.75. The monoisotopic (exact) mass is 289 g/mol. The second kappa shape index (κ2) is 5.22. The molecule has 4 nitrogen and oxygen atoms in total. The van der Waals surface area contributed by atoms with Crippen molar-refractivity contribution in [3.63, 3.8) is 0 Å². The van der Waals surface area contributed by atoms with Gasteiger partial charge in [-0.15, -0.1) is 0 Å². The SMILES string of the molecule is CC(C)(c1ccc(F)cc1)c1noc(CC(N)C2CC2)n1. The molecule has 0 amide bonds. The first-order valence-electron chi connectivity index (χ1n) is 7.31. The second-order valence-corrected chi connectivity index (χ2v) is 6.35. The summed E-state index contributed by atoms with van der Waals surface area (Å²) in [5, 5.41) is 4.08. The Kier molecular flexibility index (Phi) is 3.53. The molecule has 5 heteroatoms. The molecule has 0 saturated heterocycles. The highest BCUT2D eigenvalue weighted by molar-refractivity contribution is 5.30. The summed E-state index contributed by atoms with van der Waals surface area (Å²) in [5.41, 5.74) is 6.60. The summed E-state index contributed by atoms with van der Waals surface area (Å²) in [5.74, 6) is 1.54. The third kappa shape index (κ3) is 2.97. The Morgan fingerprint density at radius 2 is 2.00 bits per heavy atom. The summed E-state index contributed by atoms with van der Waals surface area (Å²) in [7, 11) is 0. The van der Waals surface area contributed by atoms with Gasteiger partial charge in [-0.2, -0.15) is 4.98 Å². The van der Waals surface area contributed by atoms with E-state index in [0.717, 1.165) is 5.56 Å². The standard InChI is InChI=1S/C16H20FN3O/c1-16(2,11-5-7-12(17)8-6-11)15-19-14(21-20-15)9-13(18)10-3-4-10/h5-8,10,13H,3-4,9,18H2,1-2H3. The molecule has 21 heavy (non-hydrogen) atoms. The van der Waals surface area contributed by atoms with E-state index in [0.29, 0.717) is 24.1 Å². The van der Waals surface area contributed by atoms with Gasteiger partial charge in [-0.1, -0.05) is 17.3 Å². The summed E-state index contributed by atoms with van der Waals surface area (Å²) in [6.07, 6.45) is 3.02. The number of benzene rings is 1. The van der Waals surface area contributed by atoms with Crippen molar-refractivity contribution in [2.24, 2.45) is 11.7 Å². The number of nitrogens with two attached hydrogens (primary N) is 1. The minimum atomic E-state index is -0.431. The van der Waals surface area contributed by atoms with E-state index >= 15 is 0 Å². The van der Waals surface area contributed by atoms with Crippen LogP contribution in [0, 0.1) is 11.7 Å². The average molecular weight is 289 g/mol. The Balaban J connectivity index is 1.78. The third-order valence-electron chi connectivity index (χ3n) is 4.23. The molecule has 1 fully saturated rings. The Labute approximate surface area is 123 Å². The highest BCUT2D eigenvalue weighted by atomic mass is 19.1. The van der Waals surface area contributed by atoms with Crippen molar-refractivity contribution < 1.29 is 8.91 Å². The van der Waals surface area contributed by atoms with Crippen LogP contribution in [-0.4, -0.2) is 16.2 Å². The van der Waals surface area contributed by atoms with Crippen LogP contribution in [0.4, 0.5) is 4.39 Å². The van der Waals surface area contributed by atoms with Crippen molar-refractivity contribution in [1.82, 2.24) is 10.1 Å². The van der Waals surface area contributed by atoms with Crippen molar-refractivity contribution in [2.75, 3.05) is 0 Å². The largest absolute Gasteiger partial charge is 0.339 e. The van der Waals surface area contributed by atoms with Crippen LogP contribution in [0.1, 0.15) is 44.0 Å².